The molecule has 0 atom stereocenters. The minimum Gasteiger partial charge on any atom is -0.309 e. The summed E-state index contributed by atoms with van der Waals surface area (Å²) in [6.07, 6.45) is 0.935. The van der Waals surface area contributed by atoms with Crippen molar-refractivity contribution in [3.63, 3.8) is 0 Å². The normalized spacial score (nSPS) is 11.8. The van der Waals surface area contributed by atoms with Gasteiger partial charge in [0.15, 0.2) is 17.5 Å². The zero-order chi connectivity index (χ0) is 34.6. The van der Waals surface area contributed by atoms with E-state index in [0.717, 1.165) is 39.8 Å². The zero-order valence-electron chi connectivity index (χ0n) is 28.0. The number of aromatic nitrogens is 4. The molecule has 5 nitrogen and oxygen atoms in total. The highest BCUT2D eigenvalue weighted by molar-refractivity contribution is 6.10. The quantitative estimate of drug-likeness (QED) is 0.184. The van der Waals surface area contributed by atoms with E-state index in [0.29, 0.717) is 23.0 Å². The molecule has 5 heteroatoms. The van der Waals surface area contributed by atoms with Crippen LogP contribution in [-0.4, -0.2) is 19.5 Å². The molecule has 9 aromatic rings. The molecule has 0 radical (unpaired) electrons. The lowest BCUT2D eigenvalue weighted by Gasteiger charge is -2.13. The number of nitrogens with zero attached hydrogens (tertiary/aromatic N) is 5. The molecule has 0 spiro atoms. The van der Waals surface area contributed by atoms with E-state index in [1.165, 1.54) is 44.2 Å². The molecule has 0 N–H and O–H groups in total. The molecule has 7 aromatic carbocycles. The van der Waals surface area contributed by atoms with Crippen molar-refractivity contribution >= 4 is 21.8 Å². The summed E-state index contributed by atoms with van der Waals surface area (Å²) in [5, 5.41) is 12.0. The summed E-state index contributed by atoms with van der Waals surface area (Å²) in [6, 6.07) is 58.9. The first-order valence-electron chi connectivity index (χ1n) is 17.4. The number of hydrogen-bond acceptors (Lipinski definition) is 4. The van der Waals surface area contributed by atoms with Crippen LogP contribution in [0.1, 0.15) is 16.7 Å². The monoisotopic (exact) mass is 663 g/mol. The fraction of sp³-hybridized carbons (Fsp3) is 0.0213. The minimum absolute atomic E-state index is 0.519. The first kappa shape index (κ1) is 29.7. The molecule has 0 unspecified atom stereocenters. The van der Waals surface area contributed by atoms with Gasteiger partial charge in [-0.25, -0.2) is 15.0 Å². The maximum Gasteiger partial charge on any atom is 0.164 e. The van der Waals surface area contributed by atoms with Crippen LogP contribution in [0.15, 0.2) is 164 Å². The van der Waals surface area contributed by atoms with E-state index in [-0.39, 0.29) is 0 Å². The van der Waals surface area contributed by atoms with Gasteiger partial charge >= 0.3 is 0 Å². The Hall–Kier alpha value is -7.16. The predicted molar refractivity (Wildman–Crippen MR) is 209 cm³/mol. The van der Waals surface area contributed by atoms with Crippen LogP contribution < -0.4 is 0 Å². The van der Waals surface area contributed by atoms with Crippen LogP contribution in [0.4, 0.5) is 0 Å². The van der Waals surface area contributed by atoms with Crippen LogP contribution in [-0.2, 0) is 6.42 Å². The first-order valence-corrected chi connectivity index (χ1v) is 17.4. The first-order chi connectivity index (χ1) is 25.7. The van der Waals surface area contributed by atoms with Crippen molar-refractivity contribution in [3.8, 4) is 68.2 Å². The molecule has 2 aromatic heterocycles. The Balaban J connectivity index is 1.15. The Morgan fingerprint density at radius 2 is 1.10 bits per heavy atom. The van der Waals surface area contributed by atoms with Gasteiger partial charge < -0.3 is 4.57 Å². The Kier molecular flexibility index (Phi) is 6.87. The summed E-state index contributed by atoms with van der Waals surface area (Å²) >= 11 is 0. The van der Waals surface area contributed by atoms with Gasteiger partial charge in [-0.3, -0.25) is 0 Å². The van der Waals surface area contributed by atoms with Crippen molar-refractivity contribution in [2.45, 2.75) is 6.42 Å². The van der Waals surface area contributed by atoms with Gasteiger partial charge in [0.2, 0.25) is 0 Å². The molecule has 1 aliphatic carbocycles. The topological polar surface area (TPSA) is 67.4 Å². The average molecular weight is 664 g/mol. The van der Waals surface area contributed by atoms with E-state index >= 15 is 0 Å². The average Bonchev–Trinajstić information content (AvgIpc) is 3.77. The van der Waals surface area contributed by atoms with Crippen molar-refractivity contribution in [1.29, 1.82) is 5.26 Å². The highest BCUT2D eigenvalue weighted by atomic mass is 15.0. The molecule has 52 heavy (non-hydrogen) atoms. The summed E-state index contributed by atoms with van der Waals surface area (Å²) in [6.45, 7) is 0. The fourth-order valence-electron chi connectivity index (χ4n) is 7.71. The number of hydrogen-bond donors (Lipinski definition) is 0. The van der Waals surface area contributed by atoms with Gasteiger partial charge in [0, 0.05) is 33.2 Å². The van der Waals surface area contributed by atoms with Gasteiger partial charge in [0.05, 0.1) is 22.7 Å². The summed E-state index contributed by atoms with van der Waals surface area (Å²) in [4.78, 5) is 14.9. The lowest BCUT2D eigenvalue weighted by atomic mass is 9.95. The second-order valence-corrected chi connectivity index (χ2v) is 13.2. The second kappa shape index (κ2) is 12.0. The van der Waals surface area contributed by atoms with E-state index in [1.807, 2.05) is 54.6 Å². The Morgan fingerprint density at radius 3 is 1.94 bits per heavy atom. The smallest absolute Gasteiger partial charge is 0.164 e. The van der Waals surface area contributed by atoms with Gasteiger partial charge in [-0.05, 0) is 76.2 Å². The SMILES string of the molecule is N#Cc1cccc(-c2nc(-c3ccccc3)nc(-c3cccc(-n4c5ccccc5c5ccc(-c6cccc7c6Cc6ccccc6-7)cc54)c3)n2)c1. The molecule has 0 saturated heterocycles. The van der Waals surface area contributed by atoms with E-state index in [9.17, 15) is 5.26 Å². The molecule has 0 fully saturated rings. The number of nitriles is 1. The second-order valence-electron chi connectivity index (χ2n) is 13.2. The van der Waals surface area contributed by atoms with E-state index in [2.05, 4.69) is 114 Å². The Bertz CT molecular complexity index is 2900. The fourth-order valence-corrected chi connectivity index (χ4v) is 7.71. The standard InChI is InChI=1S/C47H29N5/c48-29-30-11-8-15-34(25-30)46-49-45(31-12-2-1-3-13-31)50-47(51-46)35-16-9-17-36(26-35)52-43-22-7-6-19-40(43)41-24-23-33(28-44(41)52)38-20-10-21-39-37-18-5-4-14-32(37)27-42(38)39/h1-26,28H,27H2. The van der Waals surface area contributed by atoms with E-state index in [4.69, 9.17) is 15.0 Å². The van der Waals surface area contributed by atoms with Crippen LogP contribution in [0.2, 0.25) is 0 Å². The summed E-state index contributed by atoms with van der Waals surface area (Å²) in [5.41, 5.74) is 14.3. The summed E-state index contributed by atoms with van der Waals surface area (Å²) in [7, 11) is 0. The number of rotatable bonds is 5. The van der Waals surface area contributed by atoms with E-state index < -0.39 is 0 Å². The highest BCUT2D eigenvalue weighted by Gasteiger charge is 2.22. The molecule has 0 bridgehead atoms. The molecular weight excluding hydrogens is 635 g/mol. The summed E-state index contributed by atoms with van der Waals surface area (Å²) in [5.74, 6) is 1.66. The maximum absolute atomic E-state index is 9.60. The lowest BCUT2D eigenvalue weighted by Crippen LogP contribution is -2.01. The van der Waals surface area contributed by atoms with Crippen molar-refractivity contribution in [1.82, 2.24) is 19.5 Å². The predicted octanol–water partition coefficient (Wildman–Crippen LogP) is 11.1. The molecule has 0 aliphatic heterocycles. The van der Waals surface area contributed by atoms with Crippen LogP contribution in [0.3, 0.4) is 0 Å². The van der Waals surface area contributed by atoms with Crippen LogP contribution in [0.25, 0.3) is 83.9 Å². The molecular formula is C47H29N5. The molecule has 242 valence electrons. The Labute approximate surface area is 300 Å². The van der Waals surface area contributed by atoms with E-state index in [1.54, 1.807) is 6.07 Å². The molecule has 2 heterocycles. The van der Waals surface area contributed by atoms with Gasteiger partial charge in [0.1, 0.15) is 0 Å². The molecule has 10 rings (SSSR count). The van der Waals surface area contributed by atoms with Crippen LogP contribution >= 0.6 is 0 Å². The largest absolute Gasteiger partial charge is 0.309 e. The third-order valence-electron chi connectivity index (χ3n) is 10.1. The van der Waals surface area contributed by atoms with Crippen molar-refractivity contribution in [2.24, 2.45) is 0 Å². The number of fused-ring (bicyclic) bond motifs is 6. The number of para-hydroxylation sites is 1. The maximum atomic E-state index is 9.60. The lowest BCUT2D eigenvalue weighted by molar-refractivity contribution is 1.07. The Morgan fingerprint density at radius 1 is 0.462 bits per heavy atom. The van der Waals surface area contributed by atoms with Crippen LogP contribution in [0, 0.1) is 11.3 Å². The van der Waals surface area contributed by atoms with Gasteiger partial charge in [-0.1, -0.05) is 127 Å². The highest BCUT2D eigenvalue weighted by Crippen LogP contribution is 2.43. The molecule has 1 aliphatic rings. The third kappa shape index (κ3) is 4.89. The van der Waals surface area contributed by atoms with Crippen molar-refractivity contribution in [3.05, 3.63) is 180 Å². The van der Waals surface area contributed by atoms with Gasteiger partial charge in [-0.2, -0.15) is 5.26 Å². The van der Waals surface area contributed by atoms with Gasteiger partial charge in [-0.15, -0.1) is 0 Å². The molecule has 0 saturated carbocycles. The minimum atomic E-state index is 0.519. The van der Waals surface area contributed by atoms with Crippen molar-refractivity contribution in [2.75, 3.05) is 0 Å². The third-order valence-corrected chi connectivity index (χ3v) is 10.1. The zero-order valence-corrected chi connectivity index (χ0v) is 28.0. The van der Waals surface area contributed by atoms with Gasteiger partial charge in [0.25, 0.3) is 0 Å². The summed E-state index contributed by atoms with van der Waals surface area (Å²) < 4.78 is 2.35. The molecule has 0 amide bonds. The van der Waals surface area contributed by atoms with Crippen LogP contribution in [0.5, 0.6) is 0 Å². The number of benzene rings is 7. The van der Waals surface area contributed by atoms with Crippen molar-refractivity contribution < 1.29 is 0 Å².